The minimum absolute atomic E-state index is 0.0767. The zero-order valence-corrected chi connectivity index (χ0v) is 11.2. The zero-order chi connectivity index (χ0) is 14.9. The molecule has 0 spiro atoms. The Bertz CT molecular complexity index is 617. The van der Waals surface area contributed by atoms with E-state index in [1.807, 2.05) is 0 Å². The van der Waals surface area contributed by atoms with Crippen molar-refractivity contribution < 1.29 is 13.2 Å². The summed E-state index contributed by atoms with van der Waals surface area (Å²) in [5.41, 5.74) is 0.0767. The lowest BCUT2D eigenvalue weighted by atomic mass is 10.1. The summed E-state index contributed by atoms with van der Waals surface area (Å²) in [6.45, 7) is 2.71. The molecule has 1 unspecified atom stereocenters. The summed E-state index contributed by atoms with van der Waals surface area (Å²) in [6.07, 6.45) is -2.47. The summed E-state index contributed by atoms with van der Waals surface area (Å²) >= 11 is 0. The molecule has 0 aromatic carbocycles. The maximum Gasteiger partial charge on any atom is 0.453 e. The molecule has 2 aromatic heterocycles. The Hall–Kier alpha value is -1.90. The van der Waals surface area contributed by atoms with Gasteiger partial charge in [0.05, 0.1) is 0 Å². The normalized spacial score (nSPS) is 19.3. The highest BCUT2D eigenvalue weighted by Crippen LogP contribution is 2.27. The lowest BCUT2D eigenvalue weighted by Gasteiger charge is -2.10. The monoisotopic (exact) mass is 300 g/mol. The number of fused-ring (bicyclic) bond motifs is 1. The fourth-order valence-corrected chi connectivity index (χ4v) is 2.43. The number of nitrogens with one attached hydrogen (secondary N) is 2. The zero-order valence-electron chi connectivity index (χ0n) is 11.2. The quantitative estimate of drug-likeness (QED) is 0.897. The van der Waals surface area contributed by atoms with E-state index in [9.17, 15) is 13.2 Å². The van der Waals surface area contributed by atoms with Crippen LogP contribution in [-0.4, -0.2) is 39.4 Å². The van der Waals surface area contributed by atoms with Gasteiger partial charge in [0.25, 0.3) is 5.82 Å². The molecule has 1 fully saturated rings. The van der Waals surface area contributed by atoms with Crippen molar-refractivity contribution in [1.29, 1.82) is 0 Å². The van der Waals surface area contributed by atoms with E-state index in [2.05, 4.69) is 25.9 Å². The molecule has 0 bridgehead atoms. The summed E-state index contributed by atoms with van der Waals surface area (Å²) in [4.78, 5) is 0. The summed E-state index contributed by atoms with van der Waals surface area (Å²) < 4.78 is 39.0. The van der Waals surface area contributed by atoms with Crippen LogP contribution in [0.3, 0.4) is 0 Å². The molecule has 6 nitrogen and oxygen atoms in total. The molecule has 2 aromatic rings. The van der Waals surface area contributed by atoms with Crippen molar-refractivity contribution in [3.05, 3.63) is 18.0 Å². The average molecular weight is 300 g/mol. The van der Waals surface area contributed by atoms with E-state index < -0.39 is 12.0 Å². The standard InChI is InChI=1S/C12H15F3N6/c13-12(14,15)11-19-18-10-2-1-9(20-21(10)11)17-6-4-8-3-5-16-7-8/h1-2,8,16H,3-7H2,(H,17,20). The summed E-state index contributed by atoms with van der Waals surface area (Å²) in [5.74, 6) is -0.109. The Kier molecular flexibility index (Phi) is 3.66. The van der Waals surface area contributed by atoms with Gasteiger partial charge in [0.2, 0.25) is 0 Å². The first kappa shape index (κ1) is 14.1. The van der Waals surface area contributed by atoms with Gasteiger partial charge in [-0.1, -0.05) is 0 Å². The smallest absolute Gasteiger partial charge is 0.369 e. The first-order valence-electron chi connectivity index (χ1n) is 6.78. The molecule has 1 aliphatic heterocycles. The average Bonchev–Trinajstić information content (AvgIpc) is 3.05. The maximum atomic E-state index is 12.7. The predicted molar refractivity (Wildman–Crippen MR) is 69.9 cm³/mol. The van der Waals surface area contributed by atoms with Crippen LogP contribution < -0.4 is 10.6 Å². The van der Waals surface area contributed by atoms with E-state index in [0.29, 0.717) is 18.3 Å². The van der Waals surface area contributed by atoms with Gasteiger partial charge in [-0.25, -0.2) is 0 Å². The topological polar surface area (TPSA) is 67.1 Å². The van der Waals surface area contributed by atoms with Crippen molar-refractivity contribution >= 4 is 11.5 Å². The summed E-state index contributed by atoms with van der Waals surface area (Å²) in [7, 11) is 0. The molecular formula is C12H15F3N6. The molecule has 0 saturated carbocycles. The van der Waals surface area contributed by atoms with Gasteiger partial charge in [-0.15, -0.1) is 15.3 Å². The fraction of sp³-hybridized carbons (Fsp3) is 0.583. The summed E-state index contributed by atoms with van der Waals surface area (Å²) in [5, 5.41) is 16.8. The van der Waals surface area contributed by atoms with Gasteiger partial charge < -0.3 is 10.6 Å². The number of hydrogen-bond donors (Lipinski definition) is 2. The highest BCUT2D eigenvalue weighted by Gasteiger charge is 2.37. The van der Waals surface area contributed by atoms with Crippen molar-refractivity contribution in [3.63, 3.8) is 0 Å². The van der Waals surface area contributed by atoms with Crippen molar-refractivity contribution in [3.8, 4) is 0 Å². The van der Waals surface area contributed by atoms with Crippen LogP contribution in [0.25, 0.3) is 5.65 Å². The highest BCUT2D eigenvalue weighted by atomic mass is 19.4. The van der Waals surface area contributed by atoms with Gasteiger partial charge in [0.1, 0.15) is 5.82 Å². The molecule has 2 N–H and O–H groups in total. The van der Waals surface area contributed by atoms with Crippen LogP contribution >= 0.6 is 0 Å². The Labute approximate surface area is 118 Å². The third-order valence-electron chi connectivity index (χ3n) is 3.54. The first-order valence-corrected chi connectivity index (χ1v) is 6.78. The second kappa shape index (κ2) is 5.47. The Morgan fingerprint density at radius 3 is 2.90 bits per heavy atom. The largest absolute Gasteiger partial charge is 0.453 e. The molecule has 3 heterocycles. The number of alkyl halides is 3. The molecule has 21 heavy (non-hydrogen) atoms. The SMILES string of the molecule is FC(F)(F)c1nnc2ccc(NCCC3CCNC3)nn12. The fourth-order valence-electron chi connectivity index (χ4n) is 2.43. The number of rotatable bonds is 4. The third kappa shape index (κ3) is 3.07. The van der Waals surface area contributed by atoms with Gasteiger partial charge in [0.15, 0.2) is 5.65 Å². The number of anilines is 1. The Morgan fingerprint density at radius 2 is 2.19 bits per heavy atom. The van der Waals surface area contributed by atoms with Gasteiger partial charge in [-0.05, 0) is 44.0 Å². The van der Waals surface area contributed by atoms with E-state index in [1.165, 1.54) is 6.07 Å². The molecule has 114 valence electrons. The van der Waals surface area contributed by atoms with Crippen LogP contribution in [0.5, 0.6) is 0 Å². The van der Waals surface area contributed by atoms with Crippen LogP contribution in [0.4, 0.5) is 19.0 Å². The molecule has 0 amide bonds. The van der Waals surface area contributed by atoms with Crippen molar-refractivity contribution in [2.75, 3.05) is 25.0 Å². The van der Waals surface area contributed by atoms with Crippen LogP contribution in [0.2, 0.25) is 0 Å². The second-order valence-corrected chi connectivity index (χ2v) is 5.08. The van der Waals surface area contributed by atoms with Crippen molar-refractivity contribution in [2.24, 2.45) is 5.92 Å². The maximum absolute atomic E-state index is 12.7. The van der Waals surface area contributed by atoms with Crippen molar-refractivity contribution in [1.82, 2.24) is 25.1 Å². The molecule has 1 saturated heterocycles. The minimum Gasteiger partial charge on any atom is -0.369 e. The Morgan fingerprint density at radius 1 is 1.33 bits per heavy atom. The molecular weight excluding hydrogens is 285 g/mol. The minimum atomic E-state index is -4.57. The number of aromatic nitrogens is 4. The lowest BCUT2D eigenvalue weighted by molar-refractivity contribution is -0.146. The van der Waals surface area contributed by atoms with E-state index >= 15 is 0 Å². The molecule has 0 aliphatic carbocycles. The Balaban J connectivity index is 1.70. The van der Waals surface area contributed by atoms with E-state index in [1.54, 1.807) is 6.07 Å². The van der Waals surface area contributed by atoms with E-state index in [-0.39, 0.29) is 5.65 Å². The molecule has 9 heteroatoms. The molecule has 1 atom stereocenters. The number of hydrogen-bond acceptors (Lipinski definition) is 5. The number of halogens is 3. The lowest BCUT2D eigenvalue weighted by Crippen LogP contribution is -2.15. The van der Waals surface area contributed by atoms with Gasteiger partial charge >= 0.3 is 6.18 Å². The van der Waals surface area contributed by atoms with Crippen LogP contribution in [0.15, 0.2) is 12.1 Å². The van der Waals surface area contributed by atoms with Crippen LogP contribution in [-0.2, 0) is 6.18 Å². The van der Waals surface area contributed by atoms with Gasteiger partial charge in [-0.3, -0.25) is 0 Å². The predicted octanol–water partition coefficient (Wildman–Crippen LogP) is 1.55. The van der Waals surface area contributed by atoms with Gasteiger partial charge in [0, 0.05) is 6.54 Å². The van der Waals surface area contributed by atoms with Crippen LogP contribution in [0, 0.1) is 5.92 Å². The summed E-state index contributed by atoms with van der Waals surface area (Å²) in [6, 6.07) is 3.08. The number of nitrogens with zero attached hydrogens (tertiary/aromatic N) is 4. The van der Waals surface area contributed by atoms with Gasteiger partial charge in [-0.2, -0.15) is 17.7 Å². The molecule has 1 aliphatic rings. The van der Waals surface area contributed by atoms with Crippen LogP contribution in [0.1, 0.15) is 18.7 Å². The third-order valence-corrected chi connectivity index (χ3v) is 3.54. The second-order valence-electron chi connectivity index (χ2n) is 5.08. The van der Waals surface area contributed by atoms with Crippen molar-refractivity contribution in [2.45, 2.75) is 19.0 Å². The first-order chi connectivity index (χ1) is 10.0. The van der Waals surface area contributed by atoms with E-state index in [4.69, 9.17) is 0 Å². The highest BCUT2D eigenvalue weighted by molar-refractivity contribution is 5.44. The van der Waals surface area contributed by atoms with E-state index in [0.717, 1.165) is 30.4 Å². The molecule has 3 rings (SSSR count). The molecule has 0 radical (unpaired) electrons.